The van der Waals surface area contributed by atoms with E-state index in [1.54, 1.807) is 36.4 Å². The highest BCUT2D eigenvalue weighted by Crippen LogP contribution is 2.21. The van der Waals surface area contributed by atoms with Gasteiger partial charge in [0.05, 0.1) is 28.8 Å². The zero-order chi connectivity index (χ0) is 20.0. The number of nitrogens with one attached hydrogen (secondary N) is 3. The molecule has 0 fully saturated rings. The standard InChI is InChI=1S/C19H23N3O4S/c1-4-13(2)20-18(23)14-9-5-7-11-16(14)21-19(24)15-10-6-8-12-17(15)22-27(3,25)26/h5-13,22H,4H2,1-3H3,(H,20,23)(H,21,24)/t13-/m0/s1. The summed E-state index contributed by atoms with van der Waals surface area (Å²) < 4.78 is 25.3. The number of benzene rings is 2. The minimum absolute atomic E-state index is 0.000874. The second-order valence-electron chi connectivity index (χ2n) is 6.20. The van der Waals surface area contributed by atoms with Crippen molar-refractivity contribution in [2.45, 2.75) is 26.3 Å². The summed E-state index contributed by atoms with van der Waals surface area (Å²) in [5, 5.41) is 5.55. The Labute approximate surface area is 159 Å². The van der Waals surface area contributed by atoms with Crippen LogP contribution in [-0.2, 0) is 10.0 Å². The highest BCUT2D eigenvalue weighted by molar-refractivity contribution is 7.92. The molecule has 0 bridgehead atoms. The molecule has 0 spiro atoms. The predicted octanol–water partition coefficient (Wildman–Crippen LogP) is 2.84. The monoisotopic (exact) mass is 389 g/mol. The lowest BCUT2D eigenvalue weighted by molar-refractivity contribution is 0.0940. The predicted molar refractivity (Wildman–Crippen MR) is 107 cm³/mol. The highest BCUT2D eigenvalue weighted by atomic mass is 32.2. The van der Waals surface area contributed by atoms with Crippen LogP contribution in [0, 0.1) is 0 Å². The molecule has 144 valence electrons. The number of para-hydroxylation sites is 2. The third-order valence-electron chi connectivity index (χ3n) is 3.88. The molecule has 8 heteroatoms. The van der Waals surface area contributed by atoms with E-state index >= 15 is 0 Å². The third kappa shape index (κ3) is 5.82. The zero-order valence-corrected chi connectivity index (χ0v) is 16.3. The van der Waals surface area contributed by atoms with Crippen LogP contribution in [0.3, 0.4) is 0 Å². The van der Waals surface area contributed by atoms with Crippen LogP contribution in [0.1, 0.15) is 41.0 Å². The van der Waals surface area contributed by atoms with Gasteiger partial charge in [0.25, 0.3) is 11.8 Å². The Morgan fingerprint density at radius 3 is 2.00 bits per heavy atom. The van der Waals surface area contributed by atoms with Gasteiger partial charge in [-0.25, -0.2) is 8.42 Å². The van der Waals surface area contributed by atoms with Crippen LogP contribution < -0.4 is 15.4 Å². The largest absolute Gasteiger partial charge is 0.350 e. The molecule has 0 saturated carbocycles. The number of hydrogen-bond donors (Lipinski definition) is 3. The van der Waals surface area contributed by atoms with E-state index in [4.69, 9.17) is 0 Å². The zero-order valence-electron chi connectivity index (χ0n) is 15.4. The first-order valence-corrected chi connectivity index (χ1v) is 10.4. The summed E-state index contributed by atoms with van der Waals surface area (Å²) in [6, 6.07) is 12.9. The second kappa shape index (κ2) is 8.68. The molecule has 3 N–H and O–H groups in total. The van der Waals surface area contributed by atoms with Gasteiger partial charge in [0.15, 0.2) is 0 Å². The Morgan fingerprint density at radius 2 is 1.44 bits per heavy atom. The molecule has 0 aliphatic carbocycles. The van der Waals surface area contributed by atoms with Gasteiger partial charge in [0.2, 0.25) is 10.0 Å². The van der Waals surface area contributed by atoms with E-state index in [1.165, 1.54) is 12.1 Å². The van der Waals surface area contributed by atoms with Crippen molar-refractivity contribution in [2.75, 3.05) is 16.3 Å². The summed E-state index contributed by atoms with van der Waals surface area (Å²) >= 11 is 0. The lowest BCUT2D eigenvalue weighted by Gasteiger charge is -2.15. The van der Waals surface area contributed by atoms with Crippen molar-refractivity contribution in [1.29, 1.82) is 0 Å². The fourth-order valence-corrected chi connectivity index (χ4v) is 2.93. The first kappa shape index (κ1) is 20.4. The number of hydrogen-bond acceptors (Lipinski definition) is 4. The first-order valence-electron chi connectivity index (χ1n) is 8.49. The van der Waals surface area contributed by atoms with Crippen LogP contribution in [0.5, 0.6) is 0 Å². The summed E-state index contributed by atoms with van der Waals surface area (Å²) in [6.45, 7) is 3.86. The molecule has 0 radical (unpaired) electrons. The fourth-order valence-electron chi connectivity index (χ4n) is 2.35. The Kier molecular flexibility index (Phi) is 6.57. The van der Waals surface area contributed by atoms with Gasteiger partial charge in [-0.15, -0.1) is 0 Å². The van der Waals surface area contributed by atoms with Crippen molar-refractivity contribution in [3.63, 3.8) is 0 Å². The van der Waals surface area contributed by atoms with Crippen molar-refractivity contribution in [3.05, 3.63) is 59.7 Å². The maximum Gasteiger partial charge on any atom is 0.257 e. The van der Waals surface area contributed by atoms with E-state index in [0.29, 0.717) is 11.3 Å². The van der Waals surface area contributed by atoms with Crippen LogP contribution >= 0.6 is 0 Å². The minimum Gasteiger partial charge on any atom is -0.350 e. The molecular formula is C19H23N3O4S. The molecule has 2 aromatic carbocycles. The molecule has 0 aromatic heterocycles. The number of rotatable bonds is 7. The van der Waals surface area contributed by atoms with Crippen molar-refractivity contribution >= 4 is 33.2 Å². The first-order chi connectivity index (χ1) is 12.7. The summed E-state index contributed by atoms with van der Waals surface area (Å²) in [5.41, 5.74) is 0.997. The van der Waals surface area contributed by atoms with Crippen LogP contribution in [-0.4, -0.2) is 32.5 Å². The van der Waals surface area contributed by atoms with Gasteiger partial charge in [0.1, 0.15) is 0 Å². The fraction of sp³-hybridized carbons (Fsp3) is 0.263. The van der Waals surface area contributed by atoms with Gasteiger partial charge in [-0.2, -0.15) is 0 Å². The normalized spacial score (nSPS) is 12.1. The summed E-state index contributed by atoms with van der Waals surface area (Å²) in [6.07, 6.45) is 1.79. The van der Waals surface area contributed by atoms with Gasteiger partial charge in [0, 0.05) is 6.04 Å². The van der Waals surface area contributed by atoms with Crippen LogP contribution in [0.2, 0.25) is 0 Å². The Hall–Kier alpha value is -2.87. The summed E-state index contributed by atoms with van der Waals surface area (Å²) in [5.74, 6) is -0.812. The van der Waals surface area contributed by atoms with E-state index in [0.717, 1.165) is 12.7 Å². The van der Waals surface area contributed by atoms with E-state index in [1.807, 2.05) is 13.8 Å². The third-order valence-corrected chi connectivity index (χ3v) is 4.47. The molecule has 1 atom stereocenters. The Bertz CT molecular complexity index is 941. The minimum atomic E-state index is -3.54. The van der Waals surface area contributed by atoms with Crippen molar-refractivity contribution < 1.29 is 18.0 Å². The quantitative estimate of drug-likeness (QED) is 0.677. The number of carbonyl (C=O) groups is 2. The molecular weight excluding hydrogens is 366 g/mol. The smallest absolute Gasteiger partial charge is 0.257 e. The molecule has 0 aliphatic rings. The van der Waals surface area contributed by atoms with E-state index < -0.39 is 15.9 Å². The van der Waals surface area contributed by atoms with E-state index in [-0.39, 0.29) is 23.2 Å². The molecule has 2 rings (SSSR count). The lowest BCUT2D eigenvalue weighted by Crippen LogP contribution is -2.32. The number of amides is 2. The molecule has 0 unspecified atom stereocenters. The number of anilines is 2. The van der Waals surface area contributed by atoms with Gasteiger partial charge < -0.3 is 10.6 Å². The molecule has 2 aromatic rings. The van der Waals surface area contributed by atoms with Crippen LogP contribution in [0.15, 0.2) is 48.5 Å². The van der Waals surface area contributed by atoms with Gasteiger partial charge in [-0.1, -0.05) is 31.2 Å². The van der Waals surface area contributed by atoms with Crippen molar-refractivity contribution in [3.8, 4) is 0 Å². The number of sulfonamides is 1. The maximum atomic E-state index is 12.7. The summed E-state index contributed by atoms with van der Waals surface area (Å²) in [7, 11) is -3.54. The second-order valence-corrected chi connectivity index (χ2v) is 7.95. The molecule has 7 nitrogen and oxygen atoms in total. The SMILES string of the molecule is CC[C@H](C)NC(=O)c1ccccc1NC(=O)c1ccccc1NS(C)(=O)=O. The topological polar surface area (TPSA) is 104 Å². The molecule has 0 aliphatic heterocycles. The molecule has 2 amide bonds. The van der Waals surface area contributed by atoms with Crippen LogP contribution in [0.4, 0.5) is 11.4 Å². The molecule has 27 heavy (non-hydrogen) atoms. The maximum absolute atomic E-state index is 12.7. The average Bonchev–Trinajstić information content (AvgIpc) is 2.61. The number of carbonyl (C=O) groups excluding carboxylic acids is 2. The Balaban J connectivity index is 2.29. The summed E-state index contributed by atoms with van der Waals surface area (Å²) in [4.78, 5) is 25.1. The molecule has 0 saturated heterocycles. The Morgan fingerprint density at radius 1 is 0.926 bits per heavy atom. The van der Waals surface area contributed by atoms with Crippen LogP contribution in [0.25, 0.3) is 0 Å². The van der Waals surface area contributed by atoms with Gasteiger partial charge >= 0.3 is 0 Å². The van der Waals surface area contributed by atoms with Gasteiger partial charge in [-0.3, -0.25) is 14.3 Å². The van der Waals surface area contributed by atoms with Crippen molar-refractivity contribution in [1.82, 2.24) is 5.32 Å². The van der Waals surface area contributed by atoms with Gasteiger partial charge in [-0.05, 0) is 37.6 Å². The van der Waals surface area contributed by atoms with E-state index in [9.17, 15) is 18.0 Å². The average molecular weight is 389 g/mol. The highest BCUT2D eigenvalue weighted by Gasteiger charge is 2.18. The van der Waals surface area contributed by atoms with E-state index in [2.05, 4.69) is 15.4 Å². The van der Waals surface area contributed by atoms with Crippen molar-refractivity contribution in [2.24, 2.45) is 0 Å². The lowest BCUT2D eigenvalue weighted by atomic mass is 10.1. The molecule has 0 heterocycles.